The number of pyridine rings is 1. The van der Waals surface area contributed by atoms with E-state index < -0.39 is 0 Å². The summed E-state index contributed by atoms with van der Waals surface area (Å²) in [6.45, 7) is 6.87. The second-order valence-electron chi connectivity index (χ2n) is 6.33. The summed E-state index contributed by atoms with van der Waals surface area (Å²) >= 11 is 1.82. The van der Waals surface area contributed by atoms with E-state index in [1.807, 2.05) is 17.8 Å². The molecule has 2 nitrogen and oxygen atoms in total. The molecule has 0 unspecified atom stereocenters. The zero-order chi connectivity index (χ0) is 17.4. The first-order valence-corrected chi connectivity index (χ1v) is 9.25. The smallest absolute Gasteiger partial charge is 0.213 e. The molecular formula is C22H21IN2S. The number of thioether (sulfide) groups is 1. The summed E-state index contributed by atoms with van der Waals surface area (Å²) < 4.78 is 2.33. The molecule has 4 rings (SSSR count). The lowest BCUT2D eigenvalue weighted by Crippen LogP contribution is -3.00. The number of rotatable bonds is 3. The molecule has 0 amide bonds. The van der Waals surface area contributed by atoms with Crippen LogP contribution >= 0.6 is 11.8 Å². The monoisotopic (exact) mass is 472 g/mol. The number of aromatic nitrogens is 1. The minimum absolute atomic E-state index is 0. The third-order valence-corrected chi connectivity index (χ3v) is 5.74. The van der Waals surface area contributed by atoms with Gasteiger partial charge in [-0.15, -0.1) is 0 Å². The third kappa shape index (κ3) is 3.40. The number of benzene rings is 2. The Bertz CT molecular complexity index is 1010. The molecule has 2 heterocycles. The molecule has 1 aliphatic heterocycles. The molecule has 3 aromatic rings. The van der Waals surface area contributed by atoms with E-state index in [1.165, 1.54) is 37.8 Å². The number of halogens is 1. The number of hydrogen-bond acceptors (Lipinski definition) is 2. The Labute approximate surface area is 176 Å². The van der Waals surface area contributed by atoms with Gasteiger partial charge in [0.05, 0.1) is 10.7 Å². The summed E-state index contributed by atoms with van der Waals surface area (Å²) in [7, 11) is 2.13. The van der Waals surface area contributed by atoms with E-state index >= 15 is 0 Å². The molecule has 0 saturated carbocycles. The normalized spacial score (nSPS) is 14.4. The van der Waals surface area contributed by atoms with E-state index in [1.54, 1.807) is 0 Å². The molecule has 0 fully saturated rings. The quantitative estimate of drug-likeness (QED) is 0.328. The molecule has 1 aromatic heterocycles. The Morgan fingerprint density at radius 1 is 1.12 bits per heavy atom. The Balaban J connectivity index is 0.00000196. The van der Waals surface area contributed by atoms with Gasteiger partial charge < -0.3 is 28.9 Å². The van der Waals surface area contributed by atoms with Gasteiger partial charge in [0, 0.05) is 35.5 Å². The molecule has 4 heteroatoms. The molecule has 0 bridgehead atoms. The highest BCUT2D eigenvalue weighted by molar-refractivity contribution is 8.03. The van der Waals surface area contributed by atoms with E-state index in [2.05, 4.69) is 90.7 Å². The number of anilines is 1. The average Bonchev–Trinajstić information content (AvgIpc) is 2.93. The van der Waals surface area contributed by atoms with Crippen molar-refractivity contribution >= 4 is 34.4 Å². The first-order chi connectivity index (χ1) is 12.2. The first kappa shape index (κ1) is 19.0. The van der Waals surface area contributed by atoms with Crippen molar-refractivity contribution < 1.29 is 28.5 Å². The van der Waals surface area contributed by atoms with E-state index in [-0.39, 0.29) is 24.0 Å². The van der Waals surface area contributed by atoms with Crippen molar-refractivity contribution in [3.8, 4) is 0 Å². The molecule has 0 aliphatic carbocycles. The zero-order valence-corrected chi connectivity index (χ0v) is 17.9. The molecule has 1 aliphatic rings. The first-order valence-electron chi connectivity index (χ1n) is 8.44. The Hall–Kier alpha value is -1.79. The third-order valence-electron chi connectivity index (χ3n) is 4.57. The van der Waals surface area contributed by atoms with Crippen LogP contribution < -0.4 is 33.4 Å². The van der Waals surface area contributed by atoms with Gasteiger partial charge in [-0.2, -0.15) is 4.57 Å². The fraction of sp³-hybridized carbons (Fsp3) is 0.136. The molecule has 0 spiro atoms. The molecule has 0 saturated heterocycles. The van der Waals surface area contributed by atoms with Gasteiger partial charge in [-0.3, -0.25) is 0 Å². The number of fused-ring (bicyclic) bond motifs is 2. The van der Waals surface area contributed by atoms with Crippen molar-refractivity contribution in [1.29, 1.82) is 0 Å². The lowest BCUT2D eigenvalue weighted by atomic mass is 10.1. The standard InChI is InChI=1S/C22H21N2S.HI/c1-4-13-24-18(11-10-17-14-16(2)9-12-19(17)24)15-22-23(3)20-7-5-6-8-21(20)25-22;/h4-12,14-15H,1,13H2,2-3H3;1H/q+1;/p-1. The van der Waals surface area contributed by atoms with E-state index in [4.69, 9.17) is 0 Å². The summed E-state index contributed by atoms with van der Waals surface area (Å²) in [5.74, 6) is 0. The topological polar surface area (TPSA) is 7.12 Å². The van der Waals surface area contributed by atoms with Gasteiger partial charge in [-0.1, -0.05) is 42.1 Å². The number of allylic oxidation sites excluding steroid dienone is 1. The Kier molecular flexibility index (Phi) is 5.73. The summed E-state index contributed by atoms with van der Waals surface area (Å²) in [5.41, 5.74) is 4.98. The predicted octanol–water partition coefficient (Wildman–Crippen LogP) is 2.17. The van der Waals surface area contributed by atoms with Gasteiger partial charge in [-0.05, 0) is 37.3 Å². The van der Waals surface area contributed by atoms with E-state index in [0.29, 0.717) is 0 Å². The van der Waals surface area contributed by atoms with Gasteiger partial charge in [0.2, 0.25) is 11.2 Å². The molecule has 26 heavy (non-hydrogen) atoms. The van der Waals surface area contributed by atoms with Crippen molar-refractivity contribution in [3.05, 3.63) is 83.5 Å². The molecule has 2 aromatic carbocycles. The molecule has 0 atom stereocenters. The largest absolute Gasteiger partial charge is 1.00 e. The van der Waals surface area contributed by atoms with Gasteiger partial charge in [0.25, 0.3) is 0 Å². The lowest BCUT2D eigenvalue weighted by Gasteiger charge is -2.13. The second-order valence-corrected chi connectivity index (χ2v) is 7.39. The zero-order valence-electron chi connectivity index (χ0n) is 14.9. The summed E-state index contributed by atoms with van der Waals surface area (Å²) in [4.78, 5) is 3.57. The van der Waals surface area contributed by atoms with Crippen LogP contribution in [0.25, 0.3) is 17.0 Å². The van der Waals surface area contributed by atoms with Crippen LogP contribution in [0.4, 0.5) is 5.69 Å². The Morgan fingerprint density at radius 2 is 1.92 bits per heavy atom. The van der Waals surface area contributed by atoms with E-state index in [0.717, 1.165) is 6.54 Å². The van der Waals surface area contributed by atoms with Crippen molar-refractivity contribution in [2.45, 2.75) is 18.4 Å². The lowest BCUT2D eigenvalue weighted by molar-refractivity contribution is -0.662. The minimum atomic E-state index is 0. The van der Waals surface area contributed by atoms with Gasteiger partial charge in [0.15, 0.2) is 6.54 Å². The molecule has 0 radical (unpaired) electrons. The maximum Gasteiger partial charge on any atom is 0.213 e. The molecular weight excluding hydrogens is 451 g/mol. The fourth-order valence-electron chi connectivity index (χ4n) is 3.29. The maximum absolute atomic E-state index is 3.94. The SMILES string of the molecule is C=CC[n+]1c(C=C2Sc3ccccc3N2C)ccc2cc(C)ccc21.[I-]. The van der Waals surface area contributed by atoms with Crippen molar-refractivity contribution in [2.75, 3.05) is 11.9 Å². The summed E-state index contributed by atoms with van der Waals surface area (Å²) in [5, 5.41) is 2.50. The van der Waals surface area contributed by atoms with Crippen LogP contribution in [0.3, 0.4) is 0 Å². The Morgan fingerprint density at radius 3 is 2.69 bits per heavy atom. The number of aryl methyl sites for hydroxylation is 1. The van der Waals surface area contributed by atoms with Crippen LogP contribution in [0, 0.1) is 6.92 Å². The van der Waals surface area contributed by atoms with Crippen LogP contribution in [0.15, 0.2) is 77.2 Å². The highest BCUT2D eigenvalue weighted by Crippen LogP contribution is 2.45. The van der Waals surface area contributed by atoms with Crippen LogP contribution in [0.5, 0.6) is 0 Å². The van der Waals surface area contributed by atoms with Crippen LogP contribution in [-0.2, 0) is 6.54 Å². The minimum Gasteiger partial charge on any atom is -1.00 e. The van der Waals surface area contributed by atoms with Crippen LogP contribution in [-0.4, -0.2) is 7.05 Å². The van der Waals surface area contributed by atoms with Crippen LogP contribution in [0.1, 0.15) is 11.3 Å². The highest BCUT2D eigenvalue weighted by atomic mass is 127. The fourth-order valence-corrected chi connectivity index (χ4v) is 4.39. The van der Waals surface area contributed by atoms with Gasteiger partial charge in [0.1, 0.15) is 0 Å². The van der Waals surface area contributed by atoms with E-state index in [9.17, 15) is 0 Å². The molecule has 0 N–H and O–H groups in total. The van der Waals surface area contributed by atoms with Gasteiger partial charge >= 0.3 is 0 Å². The number of para-hydroxylation sites is 1. The van der Waals surface area contributed by atoms with Crippen molar-refractivity contribution in [1.82, 2.24) is 0 Å². The van der Waals surface area contributed by atoms with Crippen molar-refractivity contribution in [2.24, 2.45) is 0 Å². The van der Waals surface area contributed by atoms with Gasteiger partial charge in [-0.25, -0.2) is 0 Å². The predicted molar refractivity (Wildman–Crippen MR) is 108 cm³/mol. The summed E-state index contributed by atoms with van der Waals surface area (Å²) in [6.07, 6.45) is 4.23. The average molecular weight is 472 g/mol. The molecule has 132 valence electrons. The summed E-state index contributed by atoms with van der Waals surface area (Å²) in [6, 6.07) is 19.6. The number of nitrogens with zero attached hydrogens (tertiary/aromatic N) is 2. The maximum atomic E-state index is 3.94. The number of hydrogen-bond donors (Lipinski definition) is 0. The highest BCUT2D eigenvalue weighted by Gasteiger charge is 2.23. The van der Waals surface area contributed by atoms with Crippen LogP contribution in [0.2, 0.25) is 0 Å². The van der Waals surface area contributed by atoms with Crippen molar-refractivity contribution in [3.63, 3.8) is 0 Å². The second kappa shape index (κ2) is 7.84.